The lowest BCUT2D eigenvalue weighted by Crippen LogP contribution is -2.32. The van der Waals surface area contributed by atoms with Crippen molar-refractivity contribution in [1.29, 1.82) is 0 Å². The summed E-state index contributed by atoms with van der Waals surface area (Å²) in [5, 5.41) is 16.0. The lowest BCUT2D eigenvalue weighted by Gasteiger charge is -1.99. The topological polar surface area (TPSA) is 213 Å². The van der Waals surface area contributed by atoms with Crippen molar-refractivity contribution in [3.63, 3.8) is 0 Å². The Kier molecular flexibility index (Phi) is 6.97. The fraction of sp³-hybridized carbons (Fsp3) is 0.200. The van der Waals surface area contributed by atoms with Gasteiger partial charge >= 0.3 is 11.9 Å². The zero-order valence-corrected chi connectivity index (χ0v) is 10.6. The van der Waals surface area contributed by atoms with Crippen molar-refractivity contribution in [2.75, 3.05) is 0 Å². The number of amides is 2. The van der Waals surface area contributed by atoms with Crippen molar-refractivity contribution in [2.24, 2.45) is 17.2 Å². The van der Waals surface area contributed by atoms with Gasteiger partial charge in [0.1, 0.15) is 17.4 Å². The van der Waals surface area contributed by atoms with Crippen LogP contribution in [0.15, 0.2) is 12.4 Å². The molecule has 1 aromatic rings. The number of carbonyl (C=O) groups is 4. The largest absolute Gasteiger partial charge is 0.481 e. The highest BCUT2D eigenvalue weighted by molar-refractivity contribution is 5.92. The van der Waals surface area contributed by atoms with Crippen LogP contribution >= 0.6 is 0 Å². The van der Waals surface area contributed by atoms with Gasteiger partial charge in [-0.25, -0.2) is 9.97 Å². The normalized spacial score (nSPS) is 10.7. The van der Waals surface area contributed by atoms with E-state index in [9.17, 15) is 19.2 Å². The minimum atomic E-state index is -1.29. The molecule has 0 fully saturated rings. The van der Waals surface area contributed by atoms with Crippen LogP contribution in [-0.4, -0.2) is 50.0 Å². The van der Waals surface area contributed by atoms with E-state index in [-0.39, 0.29) is 11.4 Å². The number of carbonyl (C=O) groups excluding carboxylic acids is 2. The summed E-state index contributed by atoms with van der Waals surface area (Å²) >= 11 is 0. The van der Waals surface area contributed by atoms with Crippen LogP contribution in [0.5, 0.6) is 0 Å². The maximum Gasteiger partial charge on any atom is 0.321 e. The molecule has 1 unspecified atom stereocenters. The van der Waals surface area contributed by atoms with E-state index >= 15 is 0 Å². The lowest BCUT2D eigenvalue weighted by molar-refractivity contribution is -0.144. The number of nitrogens with zero attached hydrogens (tertiary/aromatic N) is 2. The minimum absolute atomic E-state index is 0.000000000000000222. The van der Waals surface area contributed by atoms with Crippen molar-refractivity contribution < 1.29 is 29.4 Å². The molecule has 0 aliphatic rings. The highest BCUT2D eigenvalue weighted by Gasteiger charge is 2.14. The first-order chi connectivity index (χ1) is 9.65. The highest BCUT2D eigenvalue weighted by Crippen LogP contribution is 1.92. The summed E-state index contributed by atoms with van der Waals surface area (Å²) in [6.45, 7) is 0. The number of hydrogen-bond acceptors (Lipinski definition) is 7. The Morgan fingerprint density at radius 1 is 1.00 bits per heavy atom. The van der Waals surface area contributed by atoms with Crippen LogP contribution < -0.4 is 17.2 Å². The zero-order valence-electron chi connectivity index (χ0n) is 10.6. The van der Waals surface area contributed by atoms with Crippen molar-refractivity contribution in [3.8, 4) is 0 Å². The number of aromatic nitrogens is 2. The molecular formula is C10H13N5O6. The molecule has 1 rings (SSSR count). The van der Waals surface area contributed by atoms with Crippen LogP contribution in [0.1, 0.15) is 27.4 Å². The Morgan fingerprint density at radius 3 is 1.52 bits per heavy atom. The van der Waals surface area contributed by atoms with Crippen molar-refractivity contribution >= 4 is 23.8 Å². The third-order valence-electron chi connectivity index (χ3n) is 1.87. The van der Waals surface area contributed by atoms with Gasteiger partial charge in [-0.15, -0.1) is 0 Å². The molecule has 1 atom stereocenters. The van der Waals surface area contributed by atoms with E-state index in [1.807, 2.05) is 0 Å². The number of rotatable bonds is 5. The fourth-order valence-electron chi connectivity index (χ4n) is 0.858. The van der Waals surface area contributed by atoms with Crippen molar-refractivity contribution in [3.05, 3.63) is 23.8 Å². The third-order valence-corrected chi connectivity index (χ3v) is 1.87. The summed E-state index contributed by atoms with van der Waals surface area (Å²) in [7, 11) is 0. The van der Waals surface area contributed by atoms with E-state index in [0.29, 0.717) is 0 Å². The first kappa shape index (κ1) is 17.9. The van der Waals surface area contributed by atoms with Gasteiger partial charge in [0.2, 0.25) is 0 Å². The van der Waals surface area contributed by atoms with E-state index in [1.165, 1.54) is 0 Å². The second kappa shape index (κ2) is 8.16. The second-order valence-corrected chi connectivity index (χ2v) is 3.56. The van der Waals surface area contributed by atoms with Crippen LogP contribution in [0.25, 0.3) is 0 Å². The summed E-state index contributed by atoms with van der Waals surface area (Å²) in [4.78, 5) is 47.7. The van der Waals surface area contributed by atoms with Gasteiger partial charge in [-0.05, 0) is 0 Å². The molecule has 1 aromatic heterocycles. The molecule has 0 aromatic carbocycles. The van der Waals surface area contributed by atoms with E-state index in [2.05, 4.69) is 9.97 Å². The molecule has 0 saturated carbocycles. The maximum absolute atomic E-state index is 10.5. The number of carboxylic acids is 2. The average molecular weight is 299 g/mol. The molecule has 2 amide bonds. The van der Waals surface area contributed by atoms with Gasteiger partial charge in [0, 0.05) is 0 Å². The third kappa shape index (κ3) is 7.17. The number of primary amides is 2. The molecule has 0 aliphatic heterocycles. The number of aliphatic carboxylic acids is 2. The number of carboxylic acid groups (broad SMARTS) is 2. The molecule has 0 bridgehead atoms. The summed E-state index contributed by atoms with van der Waals surface area (Å²) in [5.41, 5.74) is 14.6. The molecule has 8 N–H and O–H groups in total. The van der Waals surface area contributed by atoms with Gasteiger partial charge < -0.3 is 27.4 Å². The van der Waals surface area contributed by atoms with Crippen LogP contribution in [-0.2, 0) is 9.59 Å². The molecule has 114 valence electrons. The Bertz CT molecular complexity index is 510. The Morgan fingerprint density at radius 2 is 1.38 bits per heavy atom. The van der Waals surface area contributed by atoms with Gasteiger partial charge in [0.15, 0.2) is 0 Å². The molecule has 0 spiro atoms. The fourth-order valence-corrected chi connectivity index (χ4v) is 0.858. The van der Waals surface area contributed by atoms with Gasteiger partial charge in [0.25, 0.3) is 11.8 Å². The highest BCUT2D eigenvalue weighted by atomic mass is 16.4. The molecule has 1 heterocycles. The maximum atomic E-state index is 10.5. The summed E-state index contributed by atoms with van der Waals surface area (Å²) in [5.74, 6) is -3.89. The molecular weight excluding hydrogens is 286 g/mol. The standard InChI is InChI=1S/C6H6N4O2.C4H7NO4/c7-5(11)3-1-9-4(2-10-3)6(8)12;5-2(4(8)9)1-3(6)7/h1-2H,(H2,7,11)(H2,8,12);2H,1,5H2,(H,6,7)(H,8,9). The molecule has 11 nitrogen and oxygen atoms in total. The van der Waals surface area contributed by atoms with Crippen LogP contribution in [0.4, 0.5) is 0 Å². The van der Waals surface area contributed by atoms with Gasteiger partial charge in [-0.2, -0.15) is 0 Å². The Labute approximate surface area is 117 Å². The lowest BCUT2D eigenvalue weighted by atomic mass is 10.2. The SMILES string of the molecule is NC(=O)c1cnc(C(N)=O)cn1.NC(CC(=O)O)C(=O)O. The first-order valence-electron chi connectivity index (χ1n) is 5.27. The van der Waals surface area contributed by atoms with Gasteiger partial charge in [-0.1, -0.05) is 0 Å². The van der Waals surface area contributed by atoms with Crippen LogP contribution in [0, 0.1) is 0 Å². The predicted octanol–water partition coefficient (Wildman–Crippen LogP) is -2.45. The average Bonchev–Trinajstić information content (AvgIpc) is 2.38. The smallest absolute Gasteiger partial charge is 0.321 e. The summed E-state index contributed by atoms with van der Waals surface area (Å²) in [6.07, 6.45) is 1.67. The van der Waals surface area contributed by atoms with E-state index in [4.69, 9.17) is 27.4 Å². The summed E-state index contributed by atoms with van der Waals surface area (Å²) in [6, 6.07) is -1.29. The first-order valence-corrected chi connectivity index (χ1v) is 5.27. The van der Waals surface area contributed by atoms with Crippen molar-refractivity contribution in [2.45, 2.75) is 12.5 Å². The predicted molar refractivity (Wildman–Crippen MR) is 66.9 cm³/mol. The molecule has 21 heavy (non-hydrogen) atoms. The quantitative estimate of drug-likeness (QED) is 0.389. The molecule has 0 radical (unpaired) electrons. The number of hydrogen-bond donors (Lipinski definition) is 5. The van der Waals surface area contributed by atoms with Crippen LogP contribution in [0.3, 0.4) is 0 Å². The van der Waals surface area contributed by atoms with Crippen molar-refractivity contribution in [1.82, 2.24) is 9.97 Å². The van der Waals surface area contributed by atoms with E-state index in [1.54, 1.807) is 0 Å². The molecule has 0 saturated heterocycles. The van der Waals surface area contributed by atoms with Crippen LogP contribution in [0.2, 0.25) is 0 Å². The molecule has 0 aliphatic carbocycles. The van der Waals surface area contributed by atoms with E-state index in [0.717, 1.165) is 12.4 Å². The monoisotopic (exact) mass is 299 g/mol. The zero-order chi connectivity index (χ0) is 16.6. The second-order valence-electron chi connectivity index (χ2n) is 3.56. The number of nitrogens with two attached hydrogens (primary N) is 3. The van der Waals surface area contributed by atoms with E-state index < -0.39 is 36.2 Å². The van der Waals surface area contributed by atoms with Gasteiger partial charge in [-0.3, -0.25) is 19.2 Å². The Balaban J connectivity index is 0.000000400. The molecule has 11 heteroatoms. The Hall–Kier alpha value is -3.08. The van der Waals surface area contributed by atoms with Gasteiger partial charge in [0.05, 0.1) is 18.8 Å². The minimum Gasteiger partial charge on any atom is -0.481 e. The summed E-state index contributed by atoms with van der Waals surface area (Å²) < 4.78 is 0.